The van der Waals surface area contributed by atoms with E-state index in [1.165, 1.54) is 5.69 Å². The van der Waals surface area contributed by atoms with Gasteiger partial charge in [-0.2, -0.15) is 9.97 Å². The quantitative estimate of drug-likeness (QED) is 0.364. The molecule has 0 radical (unpaired) electrons. The number of pyridine rings is 1. The fourth-order valence-corrected chi connectivity index (χ4v) is 9.29. The van der Waals surface area contributed by atoms with Crippen LogP contribution in [0, 0.1) is 0 Å². The lowest BCUT2D eigenvalue weighted by Crippen LogP contribution is -2.47. The fraction of sp³-hybridized carbons (Fsp3) is 0.581. The van der Waals surface area contributed by atoms with Crippen LogP contribution in [-0.2, 0) is 43.9 Å². The van der Waals surface area contributed by atoms with Crippen LogP contribution in [0.4, 0.5) is 23.3 Å². The van der Waals surface area contributed by atoms with Gasteiger partial charge in [0.1, 0.15) is 21.4 Å². The third kappa shape index (κ3) is 7.69. The molecule has 0 spiro atoms. The molecule has 3 aromatic heterocycles. The van der Waals surface area contributed by atoms with Crippen LogP contribution < -0.4 is 20.4 Å². The van der Waals surface area contributed by atoms with Gasteiger partial charge in [-0.05, 0) is 49.4 Å². The van der Waals surface area contributed by atoms with Crippen LogP contribution in [0.5, 0.6) is 0 Å². The summed E-state index contributed by atoms with van der Waals surface area (Å²) in [6.07, 6.45) is 8.91. The Balaban J connectivity index is 0.000000167. The Kier molecular flexibility index (Phi) is 10.4. The first-order chi connectivity index (χ1) is 23.0. The lowest BCUT2D eigenvalue weighted by atomic mass is 10.1. The van der Waals surface area contributed by atoms with Gasteiger partial charge in [0.15, 0.2) is 0 Å². The Morgan fingerprint density at radius 3 is 1.79 bits per heavy atom. The van der Waals surface area contributed by atoms with Crippen LogP contribution in [0.25, 0.3) is 0 Å². The first kappa shape index (κ1) is 32.6. The lowest BCUT2D eigenvalue weighted by Gasteiger charge is -2.36. The van der Waals surface area contributed by atoms with E-state index >= 15 is 0 Å². The molecule has 2 N–H and O–H groups in total. The number of fused-ring (bicyclic) bond motifs is 2. The number of nitrogens with zero attached hydrogens (tertiary/aromatic N) is 7. The van der Waals surface area contributed by atoms with Crippen LogP contribution in [0.1, 0.15) is 37.1 Å². The predicted octanol–water partition coefficient (Wildman–Crippen LogP) is 2.84. The highest BCUT2D eigenvalue weighted by molar-refractivity contribution is 7.85. The summed E-state index contributed by atoms with van der Waals surface area (Å²) >= 11 is 5.91. The van der Waals surface area contributed by atoms with Gasteiger partial charge in [0, 0.05) is 107 Å². The van der Waals surface area contributed by atoms with Gasteiger partial charge in [-0.25, -0.2) is 9.97 Å². The summed E-state index contributed by atoms with van der Waals surface area (Å²) in [6.45, 7) is 6.58. The summed E-state index contributed by atoms with van der Waals surface area (Å²) in [5, 5.41) is 7.13. The van der Waals surface area contributed by atoms with Crippen LogP contribution in [0.15, 0.2) is 34.3 Å². The molecule has 2 unspecified atom stereocenters. The zero-order chi connectivity index (χ0) is 32.2. The molecule has 8 rings (SSSR count). The van der Waals surface area contributed by atoms with Crippen LogP contribution in [-0.4, -0.2) is 110 Å². The molecule has 8 heterocycles. The number of nitrogens with one attached hydrogen (secondary N) is 2. The van der Waals surface area contributed by atoms with Gasteiger partial charge >= 0.3 is 0 Å². The number of halogens is 1. The van der Waals surface area contributed by atoms with E-state index in [4.69, 9.17) is 31.0 Å². The number of ether oxygens (including phenoxy) is 2. The molecular formula is C31H40ClN9O4S2. The van der Waals surface area contributed by atoms with Crippen molar-refractivity contribution in [2.45, 2.75) is 60.4 Å². The summed E-state index contributed by atoms with van der Waals surface area (Å²) < 4.78 is 35.3. The minimum atomic E-state index is -1.01. The lowest BCUT2D eigenvalue weighted by molar-refractivity contribution is 0.0902. The van der Waals surface area contributed by atoms with E-state index < -0.39 is 21.6 Å². The van der Waals surface area contributed by atoms with Gasteiger partial charge in [0.05, 0.1) is 33.0 Å². The fourth-order valence-electron chi connectivity index (χ4n) is 6.48. The van der Waals surface area contributed by atoms with E-state index in [2.05, 4.69) is 35.4 Å². The second-order valence-electron chi connectivity index (χ2n) is 12.1. The minimum Gasteiger partial charge on any atom is -0.381 e. The molecule has 2 atom stereocenters. The number of aryl methyl sites for hydroxylation is 2. The predicted molar refractivity (Wildman–Crippen MR) is 183 cm³/mol. The van der Waals surface area contributed by atoms with Crippen molar-refractivity contribution in [3.05, 3.63) is 41.2 Å². The second-order valence-corrected chi connectivity index (χ2v) is 15.5. The molecule has 5 aliphatic heterocycles. The SMILES string of the molecule is O=S1CCc2nc(Cl)nc(NC3CCOCC3)c21.O=S1CCc2nc(N3CCN(c4ccncc4)CC3)nc(NC3CCOCC3)c21. The standard InChI is InChI=1S/C20H26N6O2S.C11H14ClN3O2S/c27-29-14-5-17-18(29)19(22-15-3-12-28-13-4-15)24-20(23-17)26-10-8-25(9-11-26)16-1-6-21-7-2-16;12-11-14-8-3-6-18(16)9(8)10(15-11)13-7-1-4-17-5-2-7/h1-2,6-7,15H,3-5,8-14H2,(H,22,23,24);7H,1-6H2,(H,13,14,15). The first-order valence-electron chi connectivity index (χ1n) is 16.3. The molecule has 3 fully saturated rings. The maximum Gasteiger partial charge on any atom is 0.227 e. The highest BCUT2D eigenvalue weighted by Gasteiger charge is 2.30. The zero-order valence-corrected chi connectivity index (χ0v) is 28.6. The second kappa shape index (κ2) is 15.1. The molecular weight excluding hydrogens is 662 g/mol. The molecule has 5 aliphatic rings. The molecule has 0 saturated carbocycles. The van der Waals surface area contributed by atoms with Crippen molar-refractivity contribution in [1.29, 1.82) is 0 Å². The maximum absolute atomic E-state index is 12.6. The summed E-state index contributed by atoms with van der Waals surface area (Å²) in [5.74, 6) is 3.43. The monoisotopic (exact) mass is 701 g/mol. The smallest absolute Gasteiger partial charge is 0.227 e. The molecule has 16 heteroatoms. The van der Waals surface area contributed by atoms with Gasteiger partial charge in [-0.1, -0.05) is 0 Å². The maximum atomic E-state index is 12.6. The molecule has 47 heavy (non-hydrogen) atoms. The molecule has 3 saturated heterocycles. The van der Waals surface area contributed by atoms with E-state index in [9.17, 15) is 8.42 Å². The topological polar surface area (TPSA) is 148 Å². The summed E-state index contributed by atoms with van der Waals surface area (Å²) in [7, 11) is -2.01. The number of aromatic nitrogens is 5. The van der Waals surface area contributed by atoms with Crippen molar-refractivity contribution in [3.63, 3.8) is 0 Å². The van der Waals surface area contributed by atoms with Gasteiger partial charge in [0.25, 0.3) is 0 Å². The molecule has 3 aromatic rings. The third-order valence-electron chi connectivity index (χ3n) is 9.05. The molecule has 252 valence electrons. The summed E-state index contributed by atoms with van der Waals surface area (Å²) in [5.41, 5.74) is 2.97. The van der Waals surface area contributed by atoms with Gasteiger partial charge in [-0.15, -0.1) is 0 Å². The molecule has 13 nitrogen and oxygen atoms in total. The van der Waals surface area contributed by atoms with Crippen molar-refractivity contribution in [3.8, 4) is 0 Å². The number of hydrogen-bond acceptors (Lipinski definition) is 13. The number of anilines is 4. The highest BCUT2D eigenvalue weighted by Crippen LogP contribution is 2.32. The first-order valence-corrected chi connectivity index (χ1v) is 19.4. The average molecular weight is 702 g/mol. The van der Waals surface area contributed by atoms with Crippen molar-refractivity contribution >= 4 is 56.5 Å². The minimum absolute atomic E-state index is 0.224. The van der Waals surface area contributed by atoms with Crippen molar-refractivity contribution in [2.75, 3.05) is 84.5 Å². The molecule has 0 aliphatic carbocycles. The Morgan fingerprint density at radius 2 is 1.21 bits per heavy atom. The van der Waals surface area contributed by atoms with Crippen molar-refractivity contribution in [1.82, 2.24) is 24.9 Å². The Labute approximate surface area is 284 Å². The van der Waals surface area contributed by atoms with Gasteiger partial charge in [0.2, 0.25) is 11.2 Å². The third-order valence-corrected chi connectivity index (χ3v) is 12.1. The van der Waals surface area contributed by atoms with Crippen LogP contribution in [0.2, 0.25) is 5.28 Å². The Bertz CT molecular complexity index is 1600. The summed E-state index contributed by atoms with van der Waals surface area (Å²) in [6, 6.07) is 4.72. The van der Waals surface area contributed by atoms with Crippen LogP contribution >= 0.6 is 11.6 Å². The Hall–Kier alpha value is -2.98. The summed E-state index contributed by atoms with van der Waals surface area (Å²) in [4.78, 5) is 28.3. The van der Waals surface area contributed by atoms with E-state index in [0.717, 1.165) is 118 Å². The Morgan fingerprint density at radius 1 is 0.702 bits per heavy atom. The van der Waals surface area contributed by atoms with E-state index in [1.807, 2.05) is 24.5 Å². The van der Waals surface area contributed by atoms with Crippen molar-refractivity contribution < 1.29 is 17.9 Å². The number of hydrogen-bond donors (Lipinski definition) is 2. The number of rotatable bonds is 6. The molecule has 0 aromatic carbocycles. The number of piperazine rings is 1. The molecule has 0 bridgehead atoms. The van der Waals surface area contributed by atoms with E-state index in [0.29, 0.717) is 35.8 Å². The van der Waals surface area contributed by atoms with Gasteiger partial charge in [-0.3, -0.25) is 13.4 Å². The highest BCUT2D eigenvalue weighted by atomic mass is 35.5. The normalized spacial score (nSPS) is 23.1. The van der Waals surface area contributed by atoms with E-state index in [-0.39, 0.29) is 5.28 Å². The zero-order valence-electron chi connectivity index (χ0n) is 26.2. The van der Waals surface area contributed by atoms with Gasteiger partial charge < -0.3 is 29.9 Å². The van der Waals surface area contributed by atoms with Crippen LogP contribution in [0.3, 0.4) is 0 Å². The average Bonchev–Trinajstić information content (AvgIpc) is 3.68. The molecule has 0 amide bonds. The largest absolute Gasteiger partial charge is 0.381 e. The van der Waals surface area contributed by atoms with Crippen molar-refractivity contribution in [2.24, 2.45) is 0 Å². The van der Waals surface area contributed by atoms with E-state index in [1.54, 1.807) is 0 Å².